The van der Waals surface area contributed by atoms with Crippen LogP contribution in [0.1, 0.15) is 0 Å². The molecule has 0 aliphatic rings. The van der Waals surface area contributed by atoms with Crippen LogP contribution in [0.5, 0.6) is 0 Å². The van der Waals surface area contributed by atoms with Gasteiger partial charge in [0, 0.05) is 0 Å². The second-order valence-electron chi connectivity index (χ2n) is 0.378. The quantitative estimate of drug-likeness (QED) is 0.407. The third-order valence-electron chi connectivity index (χ3n) is 0. The molecule has 0 N–H and O–H groups in total. The molecule has 0 aliphatic carbocycles. The molecule has 0 spiro atoms. The topological polar surface area (TPSA) is 138 Å². The summed E-state index contributed by atoms with van der Waals surface area (Å²) in [5.41, 5.74) is 0. The van der Waals surface area contributed by atoms with Gasteiger partial charge in [0.05, 0.1) is 0 Å². The Morgan fingerprint density at radius 1 is 0.556 bits per heavy atom. The van der Waals surface area contributed by atoms with Crippen LogP contribution in [0.3, 0.4) is 0 Å². The van der Waals surface area contributed by atoms with E-state index in [9.17, 15) is 0 Å². The Kier molecular flexibility index (Phi) is 22.2. The molecule has 0 rings (SSSR count). The molecule has 6 nitrogen and oxygen atoms in total. The molecule has 0 aliphatic heterocycles. The van der Waals surface area contributed by atoms with E-state index in [1.165, 1.54) is 0 Å². The Bertz CT molecular complexity index is 26.5. The molecule has 0 fully saturated rings. The first-order valence-corrected chi connectivity index (χ1v) is 4.81. The van der Waals surface area contributed by atoms with Gasteiger partial charge in [-0.25, -0.2) is 0 Å². The SMILES string of the molecule is [Cu+2].[O-][Br+2]([O-])[O-].[O-][Br+2]([O-])[O-]. The van der Waals surface area contributed by atoms with Gasteiger partial charge in [-0.1, -0.05) is 0 Å². The van der Waals surface area contributed by atoms with Crippen molar-refractivity contribution >= 4 is 0 Å². The van der Waals surface area contributed by atoms with Crippen LogP contribution in [0, 0.1) is 29.6 Å². The number of hydrogen-bond donors (Lipinski definition) is 0. The molecule has 0 aromatic heterocycles. The summed E-state index contributed by atoms with van der Waals surface area (Å²) in [4.78, 5) is 0. The van der Waals surface area contributed by atoms with Gasteiger partial charge in [0.2, 0.25) is 29.6 Å². The Hall–Kier alpha value is 1.24. The standard InChI is InChI=1S/2BrO3.Cu/c2*2-1(3)4;/q2*-1;+2. The Balaban J connectivity index is -0.0000000720. The minimum atomic E-state index is -3.65. The predicted molar refractivity (Wildman–Crippen MR) is 0 cm³/mol. The summed E-state index contributed by atoms with van der Waals surface area (Å²) in [6, 6.07) is 0. The van der Waals surface area contributed by atoms with Crippen LogP contribution in [-0.2, 0) is 17.1 Å². The number of rotatable bonds is 0. The van der Waals surface area contributed by atoms with Crippen LogP contribution in [0.15, 0.2) is 0 Å². The zero-order valence-electron chi connectivity index (χ0n) is 3.51. The van der Waals surface area contributed by atoms with Crippen molar-refractivity contribution < 1.29 is 71.9 Å². The molecule has 61 valence electrons. The maximum Gasteiger partial charge on any atom is 2.00 e. The normalized spacial score (nSPS) is 8.00. The monoisotopic (exact) mass is 317 g/mol. The van der Waals surface area contributed by atoms with E-state index in [4.69, 9.17) is 25.2 Å². The summed E-state index contributed by atoms with van der Waals surface area (Å²) in [6.07, 6.45) is 0. The Morgan fingerprint density at radius 3 is 0.556 bits per heavy atom. The van der Waals surface area contributed by atoms with Crippen LogP contribution in [-0.4, -0.2) is 0 Å². The molecule has 9 heteroatoms. The van der Waals surface area contributed by atoms with Crippen molar-refractivity contribution in [2.45, 2.75) is 0 Å². The zero-order valence-corrected chi connectivity index (χ0v) is 7.62. The van der Waals surface area contributed by atoms with Crippen molar-refractivity contribution in [2.24, 2.45) is 0 Å². The second-order valence-corrected chi connectivity index (χ2v) is 1.96. The predicted octanol–water partition coefficient (Wildman–Crippen LogP) is -7.14. The van der Waals surface area contributed by atoms with Gasteiger partial charge in [0.25, 0.3) is 0 Å². The van der Waals surface area contributed by atoms with Crippen molar-refractivity contribution in [3.8, 4) is 0 Å². The molecule has 0 aromatic carbocycles. The van der Waals surface area contributed by atoms with Crippen LogP contribution in [0.2, 0.25) is 0 Å². The molecular weight excluding hydrogens is 319 g/mol. The number of hydrogen-bond acceptors (Lipinski definition) is 6. The van der Waals surface area contributed by atoms with Crippen molar-refractivity contribution in [1.82, 2.24) is 0 Å². The molecule has 0 aromatic rings. The third-order valence-corrected chi connectivity index (χ3v) is 0. The summed E-state index contributed by atoms with van der Waals surface area (Å²) >= 11 is -7.29. The third kappa shape index (κ3) is 315. The first kappa shape index (κ1) is 16.7. The van der Waals surface area contributed by atoms with E-state index in [-0.39, 0.29) is 17.1 Å². The van der Waals surface area contributed by atoms with Gasteiger partial charge < -0.3 is 25.2 Å². The van der Waals surface area contributed by atoms with Crippen molar-refractivity contribution in [1.29, 1.82) is 0 Å². The van der Waals surface area contributed by atoms with E-state index in [1.54, 1.807) is 0 Å². The Morgan fingerprint density at radius 2 is 0.556 bits per heavy atom. The second kappa shape index (κ2) is 12.0. The molecule has 0 atom stereocenters. The van der Waals surface area contributed by atoms with Crippen LogP contribution in [0.25, 0.3) is 0 Å². The van der Waals surface area contributed by atoms with Crippen molar-refractivity contribution in [2.75, 3.05) is 0 Å². The van der Waals surface area contributed by atoms with Crippen molar-refractivity contribution in [3.05, 3.63) is 0 Å². The largest absolute Gasteiger partial charge is 2.00 e. The van der Waals surface area contributed by atoms with E-state index >= 15 is 0 Å². The van der Waals surface area contributed by atoms with Gasteiger partial charge in [0.15, 0.2) is 0 Å². The van der Waals surface area contributed by atoms with Crippen molar-refractivity contribution in [3.63, 3.8) is 0 Å². The van der Waals surface area contributed by atoms with Crippen LogP contribution < -0.4 is 25.2 Å². The van der Waals surface area contributed by atoms with Crippen LogP contribution >= 0.6 is 0 Å². The fourth-order valence-corrected chi connectivity index (χ4v) is 0. The summed E-state index contributed by atoms with van der Waals surface area (Å²) in [5, 5.41) is 0. The average molecular weight is 319 g/mol. The maximum absolute atomic E-state index is 8.52. The zero-order chi connectivity index (χ0) is 7.15. The van der Waals surface area contributed by atoms with E-state index in [2.05, 4.69) is 0 Å². The van der Waals surface area contributed by atoms with Gasteiger partial charge in [-0.15, -0.1) is 0 Å². The number of halogens is 2. The van der Waals surface area contributed by atoms with Gasteiger partial charge in [0.1, 0.15) is 0 Å². The van der Waals surface area contributed by atoms with Gasteiger partial charge in [-0.05, 0) is 0 Å². The minimum absolute atomic E-state index is 0. The molecule has 0 saturated heterocycles. The summed E-state index contributed by atoms with van der Waals surface area (Å²) < 4.78 is 51.1. The maximum atomic E-state index is 8.52. The molecule has 0 bridgehead atoms. The van der Waals surface area contributed by atoms with E-state index in [1.807, 2.05) is 0 Å². The van der Waals surface area contributed by atoms with E-state index in [0.29, 0.717) is 0 Å². The van der Waals surface area contributed by atoms with Gasteiger partial charge >= 0.3 is 17.1 Å². The van der Waals surface area contributed by atoms with E-state index in [0.717, 1.165) is 0 Å². The van der Waals surface area contributed by atoms with E-state index < -0.39 is 29.6 Å². The fourth-order valence-electron chi connectivity index (χ4n) is 0. The molecule has 0 unspecified atom stereocenters. The Labute approximate surface area is 71.9 Å². The smallest absolute Gasteiger partial charge is 0.405 e. The average Bonchev–Trinajstić information content (AvgIpc) is 1.25. The molecule has 0 heterocycles. The summed E-state index contributed by atoms with van der Waals surface area (Å²) in [5.74, 6) is 0. The first-order valence-electron chi connectivity index (χ1n) is 0.926. The first-order chi connectivity index (χ1) is 3.46. The minimum Gasteiger partial charge on any atom is -0.405 e. The summed E-state index contributed by atoms with van der Waals surface area (Å²) in [7, 11) is 0. The fraction of sp³-hybridized carbons (Fsp3) is 0. The van der Waals surface area contributed by atoms with Crippen LogP contribution in [0.4, 0.5) is 0 Å². The molecule has 0 saturated carbocycles. The molecule has 0 amide bonds. The van der Waals surface area contributed by atoms with Gasteiger partial charge in [-0.3, -0.25) is 0 Å². The molecule has 9 heavy (non-hydrogen) atoms. The molecular formula is Br2CuO6. The summed E-state index contributed by atoms with van der Waals surface area (Å²) in [6.45, 7) is 0. The molecule has 1 radical (unpaired) electrons. The van der Waals surface area contributed by atoms with Gasteiger partial charge in [-0.2, -0.15) is 0 Å².